The minimum absolute atomic E-state index is 0.0131. The third-order valence-electron chi connectivity index (χ3n) is 3.54. The van der Waals surface area contributed by atoms with E-state index in [2.05, 4.69) is 17.6 Å². The van der Waals surface area contributed by atoms with Crippen molar-refractivity contribution in [3.63, 3.8) is 0 Å². The summed E-state index contributed by atoms with van der Waals surface area (Å²) in [5.74, 6) is 0.849. The Morgan fingerprint density at radius 2 is 2.31 bits per heavy atom. The van der Waals surface area contributed by atoms with Crippen molar-refractivity contribution >= 4 is 35.0 Å². The third-order valence-corrected chi connectivity index (χ3v) is 5.12. The van der Waals surface area contributed by atoms with Crippen LogP contribution in [0.15, 0.2) is 10.5 Å². The van der Waals surface area contributed by atoms with Gasteiger partial charge in [0.1, 0.15) is 0 Å². The van der Waals surface area contributed by atoms with Crippen molar-refractivity contribution in [1.29, 1.82) is 0 Å². The first kappa shape index (κ1) is 10.6. The van der Waals surface area contributed by atoms with Crippen LogP contribution in [-0.4, -0.2) is 16.4 Å². The van der Waals surface area contributed by atoms with Gasteiger partial charge < -0.3 is 10.6 Å². The minimum atomic E-state index is 0.0131. The van der Waals surface area contributed by atoms with Crippen molar-refractivity contribution in [2.45, 2.75) is 31.6 Å². The molecule has 3 aliphatic rings. The van der Waals surface area contributed by atoms with Gasteiger partial charge in [-0.15, -0.1) is 11.8 Å². The molecule has 0 spiro atoms. The summed E-state index contributed by atoms with van der Waals surface area (Å²) < 4.78 is 0. The highest BCUT2D eigenvalue weighted by Crippen LogP contribution is 2.49. The summed E-state index contributed by atoms with van der Waals surface area (Å²) in [4.78, 5) is 13.4. The minimum Gasteiger partial charge on any atom is -0.349 e. The Morgan fingerprint density at radius 1 is 1.50 bits per heavy atom. The first-order chi connectivity index (χ1) is 7.65. The van der Waals surface area contributed by atoms with E-state index >= 15 is 0 Å². The molecule has 2 heterocycles. The number of amides is 1. The van der Waals surface area contributed by atoms with E-state index < -0.39 is 0 Å². The van der Waals surface area contributed by atoms with Gasteiger partial charge in [0.25, 0.3) is 0 Å². The molecule has 5 heteroatoms. The molecule has 0 aromatic rings. The predicted octanol–water partition coefficient (Wildman–Crippen LogP) is 1.75. The van der Waals surface area contributed by atoms with Gasteiger partial charge in [-0.2, -0.15) is 0 Å². The van der Waals surface area contributed by atoms with Crippen molar-refractivity contribution in [3.05, 3.63) is 10.5 Å². The van der Waals surface area contributed by atoms with Gasteiger partial charge in [-0.05, 0) is 47.9 Å². The monoisotopic (exact) mass is 254 g/mol. The van der Waals surface area contributed by atoms with E-state index in [9.17, 15) is 4.79 Å². The molecule has 3 unspecified atom stereocenters. The normalized spacial score (nSPS) is 37.7. The van der Waals surface area contributed by atoms with Gasteiger partial charge in [0.2, 0.25) is 5.91 Å². The molecule has 16 heavy (non-hydrogen) atoms. The van der Waals surface area contributed by atoms with Crippen LogP contribution in [0.4, 0.5) is 0 Å². The average molecular weight is 254 g/mol. The average Bonchev–Trinajstić information content (AvgIpc) is 2.54. The van der Waals surface area contributed by atoms with E-state index in [1.807, 2.05) is 11.8 Å². The van der Waals surface area contributed by atoms with Crippen LogP contribution < -0.4 is 10.6 Å². The van der Waals surface area contributed by atoms with Crippen LogP contribution in [0, 0.1) is 11.8 Å². The number of hydrogen-bond donors (Lipinski definition) is 2. The third kappa shape index (κ3) is 1.57. The van der Waals surface area contributed by atoms with Gasteiger partial charge in [-0.3, -0.25) is 4.79 Å². The highest BCUT2D eigenvalue weighted by Gasteiger charge is 2.44. The van der Waals surface area contributed by atoms with Crippen molar-refractivity contribution in [2.75, 3.05) is 0 Å². The highest BCUT2D eigenvalue weighted by atomic mass is 32.2. The molecule has 86 valence electrons. The maximum absolute atomic E-state index is 11.9. The summed E-state index contributed by atoms with van der Waals surface area (Å²) in [7, 11) is 0. The van der Waals surface area contributed by atoms with Gasteiger partial charge in [0.05, 0.1) is 11.3 Å². The molecule has 0 saturated carbocycles. The first-order valence-corrected chi connectivity index (χ1v) is 6.94. The van der Waals surface area contributed by atoms with Crippen LogP contribution in [-0.2, 0) is 4.79 Å². The Morgan fingerprint density at radius 3 is 3.12 bits per heavy atom. The quantitative estimate of drug-likeness (QED) is 0.646. The second-order valence-electron chi connectivity index (χ2n) is 4.78. The van der Waals surface area contributed by atoms with Crippen LogP contribution in [0.3, 0.4) is 0 Å². The van der Waals surface area contributed by atoms with Gasteiger partial charge in [0.15, 0.2) is 5.11 Å². The second kappa shape index (κ2) is 3.74. The molecule has 0 bridgehead atoms. The summed E-state index contributed by atoms with van der Waals surface area (Å²) in [6.07, 6.45) is 3.42. The van der Waals surface area contributed by atoms with E-state index in [0.29, 0.717) is 5.11 Å². The fraction of sp³-hybridized carbons (Fsp3) is 0.636. The summed E-state index contributed by atoms with van der Waals surface area (Å²) in [5, 5.41) is 6.56. The van der Waals surface area contributed by atoms with Crippen LogP contribution in [0.5, 0.6) is 0 Å². The molecule has 1 aliphatic carbocycles. The van der Waals surface area contributed by atoms with Gasteiger partial charge >= 0.3 is 0 Å². The van der Waals surface area contributed by atoms with Crippen LogP contribution in [0.2, 0.25) is 0 Å². The van der Waals surface area contributed by atoms with Gasteiger partial charge in [-0.25, -0.2) is 0 Å². The van der Waals surface area contributed by atoms with Crippen molar-refractivity contribution in [2.24, 2.45) is 11.8 Å². The lowest BCUT2D eigenvalue weighted by atomic mass is 9.84. The number of thiocarbonyl (C=S) groups is 1. The molecule has 0 aromatic carbocycles. The molecular formula is C11H14N2OS2. The Bertz CT molecular complexity index is 405. The molecule has 3 nitrogen and oxygen atoms in total. The van der Waals surface area contributed by atoms with E-state index in [4.69, 9.17) is 12.2 Å². The van der Waals surface area contributed by atoms with E-state index in [1.54, 1.807) is 0 Å². The van der Waals surface area contributed by atoms with Crippen LogP contribution >= 0.6 is 24.0 Å². The SMILES string of the molecule is CC1CCC2=C(C1)SC1NC(=S)NC(=O)C21. The lowest BCUT2D eigenvalue weighted by Gasteiger charge is -2.29. The molecule has 2 N–H and O–H groups in total. The summed E-state index contributed by atoms with van der Waals surface area (Å²) in [5.41, 5.74) is 1.36. The number of carbonyl (C=O) groups is 1. The first-order valence-electron chi connectivity index (χ1n) is 5.65. The number of rotatable bonds is 0. The molecule has 3 atom stereocenters. The van der Waals surface area contributed by atoms with Crippen LogP contribution in [0.25, 0.3) is 0 Å². The Balaban J connectivity index is 1.90. The largest absolute Gasteiger partial charge is 0.349 e. The fourth-order valence-corrected chi connectivity index (χ4v) is 4.68. The molecule has 1 saturated heterocycles. The Kier molecular flexibility index (Phi) is 2.47. The Labute approximate surface area is 104 Å². The molecular weight excluding hydrogens is 240 g/mol. The summed E-state index contributed by atoms with van der Waals surface area (Å²) in [6, 6.07) is 0. The van der Waals surface area contributed by atoms with Crippen molar-refractivity contribution in [3.8, 4) is 0 Å². The predicted molar refractivity (Wildman–Crippen MR) is 68.8 cm³/mol. The highest BCUT2D eigenvalue weighted by molar-refractivity contribution is 8.04. The molecule has 1 amide bonds. The molecule has 0 aromatic heterocycles. The number of thioether (sulfide) groups is 1. The molecule has 0 radical (unpaired) electrons. The number of hydrogen-bond acceptors (Lipinski definition) is 3. The molecule has 2 aliphatic heterocycles. The standard InChI is InChI=1S/C11H14N2OS2/c1-5-2-3-6-7(4-5)16-10-8(6)9(14)12-11(15)13-10/h5,8,10H,2-4H2,1H3,(H2,12,13,14,15). The Hall–Kier alpha value is -0.550. The second-order valence-corrected chi connectivity index (χ2v) is 6.42. The summed E-state index contributed by atoms with van der Waals surface area (Å²) in [6.45, 7) is 2.28. The number of fused-ring (bicyclic) bond motifs is 2. The van der Waals surface area contributed by atoms with Crippen molar-refractivity contribution < 1.29 is 4.79 Å². The van der Waals surface area contributed by atoms with E-state index in [-0.39, 0.29) is 17.2 Å². The van der Waals surface area contributed by atoms with Crippen molar-refractivity contribution in [1.82, 2.24) is 10.6 Å². The zero-order valence-electron chi connectivity index (χ0n) is 9.08. The maximum atomic E-state index is 11.9. The number of nitrogens with one attached hydrogen (secondary N) is 2. The fourth-order valence-electron chi connectivity index (χ4n) is 2.71. The lowest BCUT2D eigenvalue weighted by Crippen LogP contribution is -2.55. The van der Waals surface area contributed by atoms with Gasteiger partial charge in [0, 0.05) is 0 Å². The lowest BCUT2D eigenvalue weighted by molar-refractivity contribution is -0.123. The zero-order chi connectivity index (χ0) is 11.3. The number of allylic oxidation sites excluding steroid dienone is 1. The molecule has 3 rings (SSSR count). The number of carbonyl (C=O) groups excluding carboxylic acids is 1. The van der Waals surface area contributed by atoms with Crippen LogP contribution in [0.1, 0.15) is 26.2 Å². The molecule has 1 fully saturated rings. The topological polar surface area (TPSA) is 41.1 Å². The van der Waals surface area contributed by atoms with E-state index in [0.717, 1.165) is 18.8 Å². The summed E-state index contributed by atoms with van der Waals surface area (Å²) >= 11 is 6.83. The van der Waals surface area contributed by atoms with Gasteiger partial charge in [-0.1, -0.05) is 6.92 Å². The van der Waals surface area contributed by atoms with E-state index in [1.165, 1.54) is 16.9 Å². The smallest absolute Gasteiger partial charge is 0.236 e. The maximum Gasteiger partial charge on any atom is 0.236 e. The zero-order valence-corrected chi connectivity index (χ0v) is 10.7.